The highest BCUT2D eigenvalue weighted by Gasteiger charge is 2.31. The van der Waals surface area contributed by atoms with Crippen molar-refractivity contribution in [1.82, 2.24) is 9.88 Å². The zero-order chi connectivity index (χ0) is 12.4. The average molecular weight is 233 g/mol. The van der Waals surface area contributed by atoms with Gasteiger partial charge in [-0.2, -0.15) is 0 Å². The molecule has 17 heavy (non-hydrogen) atoms. The second-order valence-corrected chi connectivity index (χ2v) is 4.68. The topological polar surface area (TPSA) is 59.2 Å². The fraction of sp³-hybridized carbons (Fsp3) is 0.538. The van der Waals surface area contributed by atoms with Crippen LogP contribution in [0.2, 0.25) is 0 Å². The van der Waals surface area contributed by atoms with Gasteiger partial charge in [-0.15, -0.1) is 0 Å². The second-order valence-electron chi connectivity index (χ2n) is 4.68. The number of aromatic nitrogens is 1. The van der Waals surface area contributed by atoms with Crippen molar-refractivity contribution in [3.63, 3.8) is 0 Å². The number of aryl methyl sites for hydroxylation is 1. The summed E-state index contributed by atoms with van der Waals surface area (Å²) in [5.74, 6) is 0.0239. The maximum Gasteiger partial charge on any atom is 0.239 e. The van der Waals surface area contributed by atoms with Gasteiger partial charge in [-0.05, 0) is 38.8 Å². The van der Waals surface area contributed by atoms with E-state index in [1.807, 2.05) is 30.0 Å². The SMILES string of the molecule is Cc1cccc([C@H]2CCCN2C(=O)[C@@H](C)N)n1. The summed E-state index contributed by atoms with van der Waals surface area (Å²) in [5, 5.41) is 0. The molecule has 0 aliphatic carbocycles. The first-order chi connectivity index (χ1) is 8.09. The number of rotatable bonds is 2. The number of nitrogens with zero attached hydrogens (tertiary/aromatic N) is 2. The molecule has 2 heterocycles. The zero-order valence-corrected chi connectivity index (χ0v) is 10.4. The summed E-state index contributed by atoms with van der Waals surface area (Å²) < 4.78 is 0. The van der Waals surface area contributed by atoms with Crippen LogP contribution in [0, 0.1) is 6.92 Å². The molecule has 0 bridgehead atoms. The molecule has 4 heteroatoms. The molecule has 0 saturated carbocycles. The van der Waals surface area contributed by atoms with Crippen molar-refractivity contribution >= 4 is 5.91 Å². The van der Waals surface area contributed by atoms with E-state index in [4.69, 9.17) is 5.73 Å². The van der Waals surface area contributed by atoms with Gasteiger partial charge in [-0.1, -0.05) is 6.07 Å². The highest BCUT2D eigenvalue weighted by Crippen LogP contribution is 2.31. The minimum atomic E-state index is -0.430. The smallest absolute Gasteiger partial charge is 0.239 e. The van der Waals surface area contributed by atoms with Crippen LogP contribution in [0.1, 0.15) is 37.2 Å². The lowest BCUT2D eigenvalue weighted by molar-refractivity contribution is -0.133. The molecule has 0 aromatic carbocycles. The third-order valence-electron chi connectivity index (χ3n) is 3.18. The van der Waals surface area contributed by atoms with Crippen molar-refractivity contribution in [1.29, 1.82) is 0 Å². The number of nitrogens with two attached hydrogens (primary N) is 1. The number of likely N-dealkylation sites (tertiary alicyclic amines) is 1. The maximum absolute atomic E-state index is 12.0. The van der Waals surface area contributed by atoms with Crippen LogP contribution in [0.3, 0.4) is 0 Å². The summed E-state index contributed by atoms with van der Waals surface area (Å²) in [7, 11) is 0. The molecule has 1 aliphatic rings. The number of hydrogen-bond acceptors (Lipinski definition) is 3. The van der Waals surface area contributed by atoms with Crippen molar-refractivity contribution in [3.05, 3.63) is 29.6 Å². The minimum absolute atomic E-state index is 0.0239. The van der Waals surface area contributed by atoms with E-state index in [-0.39, 0.29) is 11.9 Å². The van der Waals surface area contributed by atoms with Gasteiger partial charge in [0.2, 0.25) is 5.91 Å². The Hall–Kier alpha value is -1.42. The van der Waals surface area contributed by atoms with Crippen LogP contribution in [0.15, 0.2) is 18.2 Å². The molecule has 1 amide bonds. The Balaban J connectivity index is 2.23. The molecule has 4 nitrogen and oxygen atoms in total. The van der Waals surface area contributed by atoms with Crippen LogP contribution in [-0.4, -0.2) is 28.4 Å². The normalized spacial score (nSPS) is 21.6. The van der Waals surface area contributed by atoms with E-state index in [0.717, 1.165) is 30.8 Å². The molecule has 1 saturated heterocycles. The Morgan fingerprint density at radius 2 is 2.35 bits per heavy atom. The Morgan fingerprint density at radius 3 is 3.00 bits per heavy atom. The quantitative estimate of drug-likeness (QED) is 0.840. The highest BCUT2D eigenvalue weighted by molar-refractivity contribution is 5.81. The second kappa shape index (κ2) is 4.84. The molecular weight excluding hydrogens is 214 g/mol. The number of carbonyl (C=O) groups is 1. The van der Waals surface area contributed by atoms with Crippen LogP contribution in [0.25, 0.3) is 0 Å². The number of amides is 1. The predicted octanol–water partition coefficient (Wildman–Crippen LogP) is 1.40. The van der Waals surface area contributed by atoms with Crippen LogP contribution in [0.5, 0.6) is 0 Å². The average Bonchev–Trinajstić information content (AvgIpc) is 2.76. The largest absolute Gasteiger partial charge is 0.333 e. The summed E-state index contributed by atoms with van der Waals surface area (Å²) in [6, 6.07) is 5.62. The van der Waals surface area contributed by atoms with Gasteiger partial charge in [-0.3, -0.25) is 9.78 Å². The standard InChI is InChI=1S/C13H19N3O/c1-9-5-3-6-11(15-9)12-7-4-8-16(12)13(17)10(2)14/h3,5-6,10,12H,4,7-8,14H2,1-2H3/t10-,12-/m1/s1. The van der Waals surface area contributed by atoms with E-state index < -0.39 is 6.04 Å². The Labute approximate surface area is 102 Å². The summed E-state index contributed by atoms with van der Waals surface area (Å²) in [6.45, 7) is 4.50. The molecule has 1 aliphatic heterocycles. The lowest BCUT2D eigenvalue weighted by Gasteiger charge is -2.26. The van der Waals surface area contributed by atoms with Gasteiger partial charge in [-0.25, -0.2) is 0 Å². The van der Waals surface area contributed by atoms with E-state index in [1.54, 1.807) is 6.92 Å². The third kappa shape index (κ3) is 2.47. The van der Waals surface area contributed by atoms with Gasteiger partial charge in [0.05, 0.1) is 17.8 Å². The fourth-order valence-electron chi connectivity index (χ4n) is 2.35. The third-order valence-corrected chi connectivity index (χ3v) is 3.18. The van der Waals surface area contributed by atoms with Crippen molar-refractivity contribution in [2.45, 2.75) is 38.8 Å². The minimum Gasteiger partial charge on any atom is -0.333 e. The number of pyridine rings is 1. The van der Waals surface area contributed by atoms with Crippen LogP contribution in [-0.2, 0) is 4.79 Å². The Morgan fingerprint density at radius 1 is 1.59 bits per heavy atom. The lowest BCUT2D eigenvalue weighted by atomic mass is 10.1. The molecule has 1 aromatic heterocycles. The molecule has 92 valence electrons. The summed E-state index contributed by atoms with van der Waals surface area (Å²) in [5.41, 5.74) is 7.65. The Bertz CT molecular complexity index is 417. The van der Waals surface area contributed by atoms with Crippen LogP contribution >= 0.6 is 0 Å². The first-order valence-corrected chi connectivity index (χ1v) is 6.09. The van der Waals surface area contributed by atoms with Gasteiger partial charge < -0.3 is 10.6 Å². The highest BCUT2D eigenvalue weighted by atomic mass is 16.2. The van der Waals surface area contributed by atoms with Crippen LogP contribution in [0.4, 0.5) is 0 Å². The van der Waals surface area contributed by atoms with Gasteiger partial charge in [0.1, 0.15) is 0 Å². The van der Waals surface area contributed by atoms with E-state index in [0.29, 0.717) is 0 Å². The van der Waals surface area contributed by atoms with Crippen molar-refractivity contribution in [2.24, 2.45) is 5.73 Å². The molecule has 2 N–H and O–H groups in total. The monoisotopic (exact) mass is 233 g/mol. The molecule has 1 fully saturated rings. The molecule has 1 aromatic rings. The number of carbonyl (C=O) groups excluding carboxylic acids is 1. The molecule has 2 rings (SSSR count). The summed E-state index contributed by atoms with van der Waals surface area (Å²) >= 11 is 0. The van der Waals surface area contributed by atoms with Crippen molar-refractivity contribution in [2.75, 3.05) is 6.54 Å². The maximum atomic E-state index is 12.0. The Kier molecular flexibility index (Phi) is 3.43. The fourth-order valence-corrected chi connectivity index (χ4v) is 2.35. The van der Waals surface area contributed by atoms with E-state index in [9.17, 15) is 4.79 Å². The van der Waals surface area contributed by atoms with Crippen molar-refractivity contribution in [3.8, 4) is 0 Å². The van der Waals surface area contributed by atoms with Gasteiger partial charge in [0, 0.05) is 12.2 Å². The molecular formula is C13H19N3O. The summed E-state index contributed by atoms with van der Waals surface area (Å²) in [6.07, 6.45) is 2.01. The van der Waals surface area contributed by atoms with E-state index in [2.05, 4.69) is 4.98 Å². The molecule has 0 radical (unpaired) electrons. The first kappa shape index (κ1) is 12.0. The van der Waals surface area contributed by atoms with E-state index in [1.165, 1.54) is 0 Å². The zero-order valence-electron chi connectivity index (χ0n) is 10.4. The van der Waals surface area contributed by atoms with Crippen molar-refractivity contribution < 1.29 is 4.79 Å². The molecule has 0 spiro atoms. The van der Waals surface area contributed by atoms with Gasteiger partial charge in [0.15, 0.2) is 0 Å². The molecule has 0 unspecified atom stereocenters. The first-order valence-electron chi connectivity index (χ1n) is 6.09. The van der Waals surface area contributed by atoms with E-state index >= 15 is 0 Å². The lowest BCUT2D eigenvalue weighted by Crippen LogP contribution is -2.41. The van der Waals surface area contributed by atoms with Crippen LogP contribution < -0.4 is 5.73 Å². The predicted molar refractivity (Wildman–Crippen MR) is 66.3 cm³/mol. The summed E-state index contributed by atoms with van der Waals surface area (Å²) in [4.78, 5) is 18.4. The van der Waals surface area contributed by atoms with Gasteiger partial charge >= 0.3 is 0 Å². The molecule has 2 atom stereocenters. The number of hydrogen-bond donors (Lipinski definition) is 1. The van der Waals surface area contributed by atoms with Gasteiger partial charge in [0.25, 0.3) is 0 Å².